The molecule has 1 aliphatic heterocycles. The molecule has 0 saturated carbocycles. The van der Waals surface area contributed by atoms with Crippen LogP contribution in [0.15, 0.2) is 23.1 Å². The van der Waals surface area contributed by atoms with Crippen LogP contribution in [-0.2, 0) is 0 Å². The monoisotopic (exact) mass is 229 g/mol. The summed E-state index contributed by atoms with van der Waals surface area (Å²) in [5, 5.41) is 10.6. The molecule has 0 bridgehead atoms. The van der Waals surface area contributed by atoms with Gasteiger partial charge < -0.3 is 0 Å². The van der Waals surface area contributed by atoms with Crippen molar-refractivity contribution >= 4 is 34.8 Å². The van der Waals surface area contributed by atoms with Gasteiger partial charge in [-0.1, -0.05) is 17.8 Å². The van der Waals surface area contributed by atoms with E-state index in [1.807, 2.05) is 0 Å². The van der Waals surface area contributed by atoms with Crippen molar-refractivity contribution in [3.05, 3.63) is 33.9 Å². The number of halogens is 1. The van der Waals surface area contributed by atoms with Crippen molar-refractivity contribution < 1.29 is 9.72 Å². The summed E-state index contributed by atoms with van der Waals surface area (Å²) in [5.74, 6) is -0.254. The molecule has 1 aliphatic rings. The fourth-order valence-electron chi connectivity index (χ4n) is 1.27. The van der Waals surface area contributed by atoms with E-state index in [0.717, 1.165) is 11.8 Å². The molecule has 0 saturated heterocycles. The topological polar surface area (TPSA) is 60.2 Å². The summed E-state index contributed by atoms with van der Waals surface area (Å²) < 4.78 is -0.730. The minimum atomic E-state index is -0.730. The first-order chi connectivity index (χ1) is 6.61. The van der Waals surface area contributed by atoms with Gasteiger partial charge >= 0.3 is 0 Å². The average Bonchev–Trinajstić information content (AvgIpc) is 2.43. The van der Waals surface area contributed by atoms with E-state index >= 15 is 0 Å². The van der Waals surface area contributed by atoms with Crippen LogP contribution >= 0.6 is 23.4 Å². The third kappa shape index (κ3) is 1.29. The Labute approximate surface area is 88.4 Å². The number of Topliss-reactive ketones (excluding diaryl/α,β-unsaturated/α-hetero) is 1. The Morgan fingerprint density at radius 1 is 1.50 bits per heavy atom. The molecule has 6 heteroatoms. The largest absolute Gasteiger partial charge is 0.291 e. The van der Waals surface area contributed by atoms with Crippen LogP contribution in [0.5, 0.6) is 0 Å². The molecule has 0 fully saturated rings. The lowest BCUT2D eigenvalue weighted by Gasteiger charge is -1.96. The van der Waals surface area contributed by atoms with E-state index in [-0.39, 0.29) is 11.5 Å². The Bertz CT molecular complexity index is 435. The SMILES string of the molecule is O=C1c2cccc([N+](=O)[O-])c2SC1Cl. The highest BCUT2D eigenvalue weighted by Crippen LogP contribution is 2.43. The van der Waals surface area contributed by atoms with Crippen LogP contribution < -0.4 is 0 Å². The molecule has 2 rings (SSSR count). The number of rotatable bonds is 1. The Kier molecular flexibility index (Phi) is 2.20. The molecule has 1 aromatic rings. The van der Waals surface area contributed by atoms with Crippen molar-refractivity contribution in [1.82, 2.24) is 0 Å². The van der Waals surface area contributed by atoms with Gasteiger partial charge in [-0.05, 0) is 6.07 Å². The number of nitrogens with zero attached hydrogens (tertiary/aromatic N) is 1. The number of thioether (sulfide) groups is 1. The van der Waals surface area contributed by atoms with Crippen molar-refractivity contribution in [3.63, 3.8) is 0 Å². The molecule has 14 heavy (non-hydrogen) atoms. The smallest absolute Gasteiger partial charge is 0.283 e. The van der Waals surface area contributed by atoms with Crippen LogP contribution in [0, 0.1) is 10.1 Å². The summed E-state index contributed by atoms with van der Waals surface area (Å²) in [6, 6.07) is 4.42. The van der Waals surface area contributed by atoms with E-state index in [4.69, 9.17) is 11.6 Å². The lowest BCUT2D eigenvalue weighted by molar-refractivity contribution is -0.387. The molecular formula is C8H4ClNO3S. The highest BCUT2D eigenvalue weighted by atomic mass is 35.5. The summed E-state index contributed by atoms with van der Waals surface area (Å²) in [7, 11) is 0. The number of carbonyl (C=O) groups excluding carboxylic acids is 1. The van der Waals surface area contributed by atoms with Gasteiger partial charge in [0.1, 0.15) is 4.71 Å². The summed E-state index contributed by atoms with van der Waals surface area (Å²) in [4.78, 5) is 21.9. The second-order valence-corrected chi connectivity index (χ2v) is 4.52. The molecule has 4 nitrogen and oxygen atoms in total. The molecule has 0 N–H and O–H groups in total. The Balaban J connectivity index is 2.61. The molecule has 0 amide bonds. The standard InChI is InChI=1S/C8H4ClNO3S/c9-8-6(11)4-2-1-3-5(10(12)13)7(4)14-8/h1-3,8H. The van der Waals surface area contributed by atoms with Gasteiger partial charge in [0.05, 0.1) is 9.82 Å². The zero-order chi connectivity index (χ0) is 10.3. The number of carbonyl (C=O) groups is 1. The molecule has 1 heterocycles. The maximum Gasteiger partial charge on any atom is 0.283 e. The lowest BCUT2D eigenvalue weighted by Crippen LogP contribution is -2.02. The predicted octanol–water partition coefficient (Wildman–Crippen LogP) is 2.45. The van der Waals surface area contributed by atoms with Gasteiger partial charge in [0.25, 0.3) is 5.69 Å². The number of nitro groups is 1. The van der Waals surface area contributed by atoms with Crippen molar-refractivity contribution in [3.8, 4) is 0 Å². The zero-order valence-corrected chi connectivity index (χ0v) is 8.34. The first-order valence-electron chi connectivity index (χ1n) is 3.73. The van der Waals surface area contributed by atoms with Crippen molar-refractivity contribution in [2.24, 2.45) is 0 Å². The van der Waals surface area contributed by atoms with Gasteiger partial charge in [0, 0.05) is 11.6 Å². The summed E-state index contributed by atoms with van der Waals surface area (Å²) in [5.41, 5.74) is 0.299. The number of fused-ring (bicyclic) bond motifs is 1. The minimum Gasteiger partial charge on any atom is -0.291 e. The number of hydrogen-bond donors (Lipinski definition) is 0. The number of alkyl halides is 1. The molecule has 72 valence electrons. The molecule has 0 spiro atoms. The van der Waals surface area contributed by atoms with Gasteiger partial charge in [-0.3, -0.25) is 14.9 Å². The molecule has 1 unspecified atom stereocenters. The Morgan fingerprint density at radius 2 is 2.21 bits per heavy atom. The summed E-state index contributed by atoms with van der Waals surface area (Å²) >= 11 is 6.72. The summed E-state index contributed by atoms with van der Waals surface area (Å²) in [6.45, 7) is 0. The average molecular weight is 230 g/mol. The molecule has 0 aromatic heterocycles. The second kappa shape index (κ2) is 3.25. The van der Waals surface area contributed by atoms with E-state index in [1.54, 1.807) is 6.07 Å². The predicted molar refractivity (Wildman–Crippen MR) is 52.9 cm³/mol. The number of nitro benzene ring substituents is 1. The normalized spacial score (nSPS) is 19.5. The van der Waals surface area contributed by atoms with Crippen LogP contribution in [0.25, 0.3) is 0 Å². The minimum absolute atomic E-state index is 0.0519. The molecule has 1 atom stereocenters. The van der Waals surface area contributed by atoms with E-state index in [0.29, 0.717) is 10.5 Å². The van der Waals surface area contributed by atoms with Crippen molar-refractivity contribution in [1.29, 1.82) is 0 Å². The Morgan fingerprint density at radius 3 is 2.86 bits per heavy atom. The highest BCUT2D eigenvalue weighted by Gasteiger charge is 2.34. The third-order valence-corrected chi connectivity index (χ3v) is 3.44. The van der Waals surface area contributed by atoms with Crippen LogP contribution in [0.2, 0.25) is 0 Å². The van der Waals surface area contributed by atoms with Crippen molar-refractivity contribution in [2.75, 3.05) is 0 Å². The van der Waals surface area contributed by atoms with Gasteiger partial charge in [-0.25, -0.2) is 0 Å². The van der Waals surface area contributed by atoms with Crippen molar-refractivity contribution in [2.45, 2.75) is 9.60 Å². The van der Waals surface area contributed by atoms with Gasteiger partial charge in [-0.2, -0.15) is 0 Å². The molecular weight excluding hydrogens is 226 g/mol. The first-order valence-corrected chi connectivity index (χ1v) is 5.05. The zero-order valence-electron chi connectivity index (χ0n) is 6.77. The van der Waals surface area contributed by atoms with Crippen LogP contribution in [0.1, 0.15) is 10.4 Å². The maximum atomic E-state index is 11.4. The van der Waals surface area contributed by atoms with E-state index in [9.17, 15) is 14.9 Å². The molecule has 1 aromatic carbocycles. The molecule has 0 aliphatic carbocycles. The first kappa shape index (κ1) is 9.48. The lowest BCUT2D eigenvalue weighted by atomic mass is 10.1. The number of benzene rings is 1. The third-order valence-electron chi connectivity index (χ3n) is 1.88. The van der Waals surface area contributed by atoms with Crippen LogP contribution in [-0.4, -0.2) is 15.4 Å². The number of hydrogen-bond acceptors (Lipinski definition) is 4. The number of ketones is 1. The van der Waals surface area contributed by atoms with Crippen LogP contribution in [0.3, 0.4) is 0 Å². The summed E-state index contributed by atoms with van der Waals surface area (Å²) in [6.07, 6.45) is 0. The van der Waals surface area contributed by atoms with E-state index < -0.39 is 9.63 Å². The fourth-order valence-corrected chi connectivity index (χ4v) is 2.65. The van der Waals surface area contributed by atoms with Crippen LogP contribution in [0.4, 0.5) is 5.69 Å². The second-order valence-electron chi connectivity index (χ2n) is 2.71. The van der Waals surface area contributed by atoms with Gasteiger partial charge in [0.15, 0.2) is 5.78 Å². The van der Waals surface area contributed by atoms with E-state index in [1.165, 1.54) is 12.1 Å². The van der Waals surface area contributed by atoms with Gasteiger partial charge in [-0.15, -0.1) is 11.6 Å². The molecule has 0 radical (unpaired) electrons. The maximum absolute atomic E-state index is 11.4. The highest BCUT2D eigenvalue weighted by molar-refractivity contribution is 8.02. The quantitative estimate of drug-likeness (QED) is 0.422. The van der Waals surface area contributed by atoms with E-state index in [2.05, 4.69) is 0 Å². The fraction of sp³-hybridized carbons (Fsp3) is 0.125. The van der Waals surface area contributed by atoms with Gasteiger partial charge in [0.2, 0.25) is 0 Å². The Hall–Kier alpha value is -1.07.